The van der Waals surface area contributed by atoms with Crippen molar-refractivity contribution in [1.29, 1.82) is 0 Å². The second kappa shape index (κ2) is 7.85. The number of carbonyl (C=O) groups is 1. The molecular formula is C15H31N3O. The van der Waals surface area contributed by atoms with Crippen molar-refractivity contribution < 1.29 is 4.79 Å². The van der Waals surface area contributed by atoms with E-state index in [0.29, 0.717) is 12.6 Å². The van der Waals surface area contributed by atoms with Gasteiger partial charge in [0.25, 0.3) is 0 Å². The minimum Gasteiger partial charge on any atom is -0.350 e. The molecule has 4 nitrogen and oxygen atoms in total. The molecule has 1 fully saturated rings. The Morgan fingerprint density at radius 1 is 1.26 bits per heavy atom. The predicted octanol–water partition coefficient (Wildman–Crippen LogP) is 1.76. The van der Waals surface area contributed by atoms with Gasteiger partial charge in [0, 0.05) is 11.6 Å². The number of hydrogen-bond donors (Lipinski definition) is 2. The fraction of sp³-hybridized carbons (Fsp3) is 0.933. The minimum absolute atomic E-state index is 0.0992. The Hall–Kier alpha value is -0.610. The molecule has 0 saturated carbocycles. The van der Waals surface area contributed by atoms with Crippen molar-refractivity contribution in [2.45, 2.75) is 65.0 Å². The standard InChI is InChI=1S/C15H31N3O/c1-5-9-18-10-6-7-13(8-11-18)16-12-14(19)17-15(2,3)4/h13,16H,5-12H2,1-4H3,(H,17,19). The smallest absolute Gasteiger partial charge is 0.234 e. The van der Waals surface area contributed by atoms with Crippen LogP contribution in [0.4, 0.5) is 0 Å². The monoisotopic (exact) mass is 269 g/mol. The largest absolute Gasteiger partial charge is 0.350 e. The first-order valence-electron chi connectivity index (χ1n) is 7.67. The first-order chi connectivity index (χ1) is 8.90. The molecule has 0 aromatic heterocycles. The van der Waals surface area contributed by atoms with Crippen molar-refractivity contribution >= 4 is 5.91 Å². The van der Waals surface area contributed by atoms with Crippen LogP contribution in [0.2, 0.25) is 0 Å². The summed E-state index contributed by atoms with van der Waals surface area (Å²) in [6.07, 6.45) is 4.80. The van der Waals surface area contributed by atoms with Gasteiger partial charge in [-0.25, -0.2) is 0 Å². The third-order valence-corrected chi connectivity index (χ3v) is 3.43. The molecule has 0 bridgehead atoms. The van der Waals surface area contributed by atoms with Gasteiger partial charge in [-0.2, -0.15) is 0 Å². The molecule has 112 valence electrons. The summed E-state index contributed by atoms with van der Waals surface area (Å²) in [4.78, 5) is 14.3. The van der Waals surface area contributed by atoms with E-state index in [1.807, 2.05) is 20.8 Å². The van der Waals surface area contributed by atoms with Crippen LogP contribution in [0.15, 0.2) is 0 Å². The molecule has 1 rings (SSSR count). The minimum atomic E-state index is -0.139. The van der Waals surface area contributed by atoms with E-state index in [0.717, 1.165) is 13.0 Å². The highest BCUT2D eigenvalue weighted by atomic mass is 16.2. The van der Waals surface area contributed by atoms with Crippen molar-refractivity contribution in [1.82, 2.24) is 15.5 Å². The van der Waals surface area contributed by atoms with Crippen LogP contribution in [0.5, 0.6) is 0 Å². The summed E-state index contributed by atoms with van der Waals surface area (Å²) >= 11 is 0. The summed E-state index contributed by atoms with van der Waals surface area (Å²) in [6, 6.07) is 0.493. The molecule has 1 aliphatic rings. The van der Waals surface area contributed by atoms with Gasteiger partial charge >= 0.3 is 0 Å². The number of hydrogen-bond acceptors (Lipinski definition) is 3. The molecular weight excluding hydrogens is 238 g/mol. The van der Waals surface area contributed by atoms with Crippen molar-refractivity contribution in [3.63, 3.8) is 0 Å². The van der Waals surface area contributed by atoms with Crippen LogP contribution in [-0.2, 0) is 4.79 Å². The molecule has 1 aliphatic heterocycles. The molecule has 2 N–H and O–H groups in total. The molecule has 1 heterocycles. The fourth-order valence-electron chi connectivity index (χ4n) is 2.60. The average molecular weight is 269 g/mol. The number of nitrogens with zero attached hydrogens (tertiary/aromatic N) is 1. The van der Waals surface area contributed by atoms with Gasteiger partial charge in [-0.15, -0.1) is 0 Å². The summed E-state index contributed by atoms with van der Waals surface area (Å²) < 4.78 is 0. The number of nitrogens with one attached hydrogen (secondary N) is 2. The summed E-state index contributed by atoms with van der Waals surface area (Å²) in [7, 11) is 0. The lowest BCUT2D eigenvalue weighted by Gasteiger charge is -2.22. The molecule has 1 saturated heterocycles. The Labute approximate surface area is 118 Å². The Balaban J connectivity index is 2.24. The maximum Gasteiger partial charge on any atom is 0.234 e. The molecule has 19 heavy (non-hydrogen) atoms. The van der Waals surface area contributed by atoms with Crippen LogP contribution in [0.25, 0.3) is 0 Å². The molecule has 0 radical (unpaired) electrons. The first-order valence-corrected chi connectivity index (χ1v) is 7.67. The van der Waals surface area contributed by atoms with E-state index in [1.54, 1.807) is 0 Å². The van der Waals surface area contributed by atoms with E-state index in [1.165, 1.54) is 32.4 Å². The van der Waals surface area contributed by atoms with Gasteiger partial charge in [-0.3, -0.25) is 4.79 Å². The molecule has 4 heteroatoms. The zero-order valence-corrected chi connectivity index (χ0v) is 13.1. The number of rotatable bonds is 5. The highest BCUT2D eigenvalue weighted by Gasteiger charge is 2.18. The maximum atomic E-state index is 11.8. The lowest BCUT2D eigenvalue weighted by Crippen LogP contribution is -2.46. The van der Waals surface area contributed by atoms with Gasteiger partial charge in [0.2, 0.25) is 5.91 Å². The highest BCUT2D eigenvalue weighted by molar-refractivity contribution is 5.78. The normalized spacial score (nSPS) is 22.0. The third kappa shape index (κ3) is 7.53. The van der Waals surface area contributed by atoms with E-state index < -0.39 is 0 Å². The lowest BCUT2D eigenvalue weighted by molar-refractivity contribution is -0.121. The molecule has 0 aliphatic carbocycles. The van der Waals surface area contributed by atoms with Gasteiger partial charge in [0.1, 0.15) is 0 Å². The van der Waals surface area contributed by atoms with Gasteiger partial charge < -0.3 is 15.5 Å². The summed E-state index contributed by atoms with van der Waals surface area (Å²) in [6.45, 7) is 12.3. The van der Waals surface area contributed by atoms with E-state index in [9.17, 15) is 4.79 Å². The van der Waals surface area contributed by atoms with Crippen LogP contribution >= 0.6 is 0 Å². The van der Waals surface area contributed by atoms with E-state index in [-0.39, 0.29) is 11.4 Å². The fourth-order valence-corrected chi connectivity index (χ4v) is 2.60. The molecule has 0 spiro atoms. The van der Waals surface area contributed by atoms with Crippen LogP contribution in [0.3, 0.4) is 0 Å². The molecule has 1 amide bonds. The van der Waals surface area contributed by atoms with Crippen molar-refractivity contribution in [3.05, 3.63) is 0 Å². The van der Waals surface area contributed by atoms with Gasteiger partial charge in [0.05, 0.1) is 6.54 Å². The summed E-state index contributed by atoms with van der Waals surface area (Å²) in [5, 5.41) is 6.40. The van der Waals surface area contributed by atoms with E-state index in [2.05, 4.69) is 22.5 Å². The SMILES string of the molecule is CCCN1CCCC(NCC(=O)NC(C)(C)C)CC1. The Bertz CT molecular complexity index is 273. The molecule has 1 unspecified atom stereocenters. The average Bonchev–Trinajstić information content (AvgIpc) is 2.50. The van der Waals surface area contributed by atoms with Gasteiger partial charge in [0.15, 0.2) is 0 Å². The van der Waals surface area contributed by atoms with Gasteiger partial charge in [-0.1, -0.05) is 6.92 Å². The lowest BCUT2D eigenvalue weighted by atomic mass is 10.1. The maximum absolute atomic E-state index is 11.8. The molecule has 1 atom stereocenters. The van der Waals surface area contributed by atoms with E-state index in [4.69, 9.17) is 0 Å². The number of carbonyl (C=O) groups excluding carboxylic acids is 1. The third-order valence-electron chi connectivity index (χ3n) is 3.43. The number of amides is 1. The Kier molecular flexibility index (Phi) is 6.80. The zero-order chi connectivity index (χ0) is 14.3. The van der Waals surface area contributed by atoms with Crippen molar-refractivity contribution in [2.24, 2.45) is 0 Å². The Morgan fingerprint density at radius 3 is 2.63 bits per heavy atom. The predicted molar refractivity (Wildman–Crippen MR) is 80.3 cm³/mol. The second-order valence-electron chi connectivity index (χ2n) is 6.65. The summed E-state index contributed by atoms with van der Waals surface area (Å²) in [5.41, 5.74) is -0.139. The van der Waals surface area contributed by atoms with Crippen LogP contribution < -0.4 is 10.6 Å². The zero-order valence-electron chi connectivity index (χ0n) is 13.1. The van der Waals surface area contributed by atoms with E-state index >= 15 is 0 Å². The topological polar surface area (TPSA) is 44.4 Å². The van der Waals surface area contributed by atoms with Crippen LogP contribution in [0, 0.1) is 0 Å². The quantitative estimate of drug-likeness (QED) is 0.799. The highest BCUT2D eigenvalue weighted by Crippen LogP contribution is 2.11. The number of likely N-dealkylation sites (tertiary alicyclic amines) is 1. The first kappa shape index (κ1) is 16.4. The van der Waals surface area contributed by atoms with Crippen LogP contribution in [0.1, 0.15) is 53.4 Å². The second-order valence-corrected chi connectivity index (χ2v) is 6.65. The summed E-state index contributed by atoms with van der Waals surface area (Å²) in [5.74, 6) is 0.0992. The van der Waals surface area contributed by atoms with Crippen molar-refractivity contribution in [2.75, 3.05) is 26.2 Å². The van der Waals surface area contributed by atoms with Crippen molar-refractivity contribution in [3.8, 4) is 0 Å². The van der Waals surface area contributed by atoms with Gasteiger partial charge in [-0.05, 0) is 66.1 Å². The molecule has 0 aromatic rings. The molecule has 0 aromatic carbocycles. The van der Waals surface area contributed by atoms with Crippen LogP contribution in [-0.4, -0.2) is 48.6 Å². The Morgan fingerprint density at radius 2 is 2.00 bits per heavy atom.